The molecule has 0 aliphatic heterocycles. The smallest absolute Gasteiger partial charge is 0.335 e. The number of nitro benzene ring substituents is 1. The molecule has 2 N–H and O–H groups in total. The summed E-state index contributed by atoms with van der Waals surface area (Å²) in [5, 5.41) is 22.9. The van der Waals surface area contributed by atoms with E-state index in [1.54, 1.807) is 0 Å². The van der Waals surface area contributed by atoms with Gasteiger partial charge in [-0.3, -0.25) is 10.1 Å². The van der Waals surface area contributed by atoms with Crippen molar-refractivity contribution in [2.24, 2.45) is 0 Å². The van der Waals surface area contributed by atoms with Crippen molar-refractivity contribution in [2.75, 3.05) is 5.32 Å². The first-order chi connectivity index (χ1) is 9.99. The summed E-state index contributed by atoms with van der Waals surface area (Å²) < 4.78 is 0. The highest BCUT2D eigenvalue weighted by atomic mass is 16.6. The van der Waals surface area contributed by atoms with E-state index in [-0.39, 0.29) is 11.3 Å². The van der Waals surface area contributed by atoms with E-state index in [0.29, 0.717) is 12.2 Å². The van der Waals surface area contributed by atoms with Gasteiger partial charge in [-0.25, -0.2) is 4.79 Å². The predicted molar refractivity (Wildman–Crippen MR) is 78.6 cm³/mol. The van der Waals surface area contributed by atoms with Crippen LogP contribution in [0.4, 0.5) is 11.4 Å². The lowest BCUT2D eigenvalue weighted by Crippen LogP contribution is -2.05. The Morgan fingerprint density at radius 1 is 1.29 bits per heavy atom. The molecule has 0 aromatic heterocycles. The lowest BCUT2D eigenvalue weighted by molar-refractivity contribution is -0.384. The molecule has 0 heterocycles. The van der Waals surface area contributed by atoms with E-state index < -0.39 is 10.9 Å². The molecule has 2 rings (SSSR count). The molecule has 0 saturated carbocycles. The third-order valence-corrected chi connectivity index (χ3v) is 3.17. The molecule has 0 amide bonds. The Morgan fingerprint density at radius 3 is 2.62 bits per heavy atom. The van der Waals surface area contributed by atoms with Gasteiger partial charge in [-0.2, -0.15) is 0 Å². The lowest BCUT2D eigenvalue weighted by Gasteiger charge is -2.09. The minimum absolute atomic E-state index is 0.108. The molecule has 21 heavy (non-hydrogen) atoms. The zero-order valence-electron chi connectivity index (χ0n) is 11.4. The largest absolute Gasteiger partial charge is 0.478 e. The van der Waals surface area contributed by atoms with Gasteiger partial charge >= 0.3 is 5.97 Å². The number of aromatic carboxylic acids is 1. The number of nitrogens with one attached hydrogen (secondary N) is 1. The van der Waals surface area contributed by atoms with Crippen LogP contribution in [0.3, 0.4) is 0 Å². The topological polar surface area (TPSA) is 92.5 Å². The van der Waals surface area contributed by atoms with Gasteiger partial charge in [-0.05, 0) is 30.2 Å². The molecular weight excluding hydrogens is 272 g/mol. The van der Waals surface area contributed by atoms with Crippen molar-refractivity contribution < 1.29 is 14.8 Å². The number of anilines is 1. The average molecular weight is 286 g/mol. The molecule has 0 unspecified atom stereocenters. The maximum absolute atomic E-state index is 11.0. The van der Waals surface area contributed by atoms with E-state index in [1.165, 1.54) is 12.1 Å². The molecule has 0 bridgehead atoms. The van der Waals surface area contributed by atoms with E-state index >= 15 is 0 Å². The summed E-state index contributed by atoms with van der Waals surface area (Å²) >= 11 is 0. The van der Waals surface area contributed by atoms with Gasteiger partial charge in [-0.15, -0.1) is 0 Å². The van der Waals surface area contributed by atoms with Gasteiger partial charge < -0.3 is 10.4 Å². The molecular formula is C15H14N2O4. The number of hydrogen-bond donors (Lipinski definition) is 2. The van der Waals surface area contributed by atoms with Crippen molar-refractivity contribution in [1.82, 2.24) is 0 Å². The Hall–Kier alpha value is -2.89. The van der Waals surface area contributed by atoms with Gasteiger partial charge in [0, 0.05) is 12.6 Å². The van der Waals surface area contributed by atoms with Gasteiger partial charge in [0.15, 0.2) is 0 Å². The van der Waals surface area contributed by atoms with Crippen LogP contribution in [0.15, 0.2) is 42.5 Å². The molecule has 0 aliphatic rings. The Morgan fingerprint density at radius 2 is 2.00 bits per heavy atom. The fourth-order valence-electron chi connectivity index (χ4n) is 1.96. The average Bonchev–Trinajstić information content (AvgIpc) is 2.46. The second-order valence-corrected chi connectivity index (χ2v) is 4.57. The van der Waals surface area contributed by atoms with Crippen LogP contribution in [0, 0.1) is 17.0 Å². The molecule has 0 atom stereocenters. The van der Waals surface area contributed by atoms with Crippen LogP contribution >= 0.6 is 0 Å². The molecule has 2 aromatic rings. The zero-order valence-corrected chi connectivity index (χ0v) is 11.4. The highest BCUT2D eigenvalue weighted by molar-refractivity contribution is 5.89. The summed E-state index contributed by atoms with van der Waals surface area (Å²) in [6, 6.07) is 11.5. The minimum atomic E-state index is -1.19. The molecule has 0 saturated heterocycles. The van der Waals surface area contributed by atoms with Gasteiger partial charge in [0.05, 0.1) is 10.5 Å². The van der Waals surface area contributed by atoms with Crippen molar-refractivity contribution >= 4 is 17.3 Å². The summed E-state index contributed by atoms with van der Waals surface area (Å²) in [7, 11) is 0. The summed E-state index contributed by atoms with van der Waals surface area (Å²) in [4.78, 5) is 21.3. The monoisotopic (exact) mass is 286 g/mol. The summed E-state index contributed by atoms with van der Waals surface area (Å²) in [5.74, 6) is -1.19. The van der Waals surface area contributed by atoms with Crippen molar-refractivity contribution in [3.63, 3.8) is 0 Å². The normalized spacial score (nSPS) is 10.1. The van der Waals surface area contributed by atoms with Crippen molar-refractivity contribution in [3.8, 4) is 0 Å². The Bertz CT molecular complexity index is 698. The molecule has 6 nitrogen and oxygen atoms in total. The van der Waals surface area contributed by atoms with Crippen LogP contribution in [0.25, 0.3) is 0 Å². The van der Waals surface area contributed by atoms with E-state index in [4.69, 9.17) is 5.11 Å². The fraction of sp³-hybridized carbons (Fsp3) is 0.133. The second kappa shape index (κ2) is 6.04. The summed E-state index contributed by atoms with van der Waals surface area (Å²) in [6.45, 7) is 2.39. The standard InChI is InChI=1S/C15H14N2O4/c1-10-4-2-3-5-12(10)9-16-13-7-6-11(15(18)19)8-14(13)17(20)21/h2-8,16H,9H2,1H3,(H,18,19). The lowest BCUT2D eigenvalue weighted by atomic mass is 10.1. The maximum atomic E-state index is 11.0. The number of benzene rings is 2. The van der Waals surface area contributed by atoms with Crippen LogP contribution in [-0.2, 0) is 6.54 Å². The van der Waals surface area contributed by atoms with Gasteiger partial charge in [0.1, 0.15) is 5.69 Å². The molecule has 0 aliphatic carbocycles. The molecule has 108 valence electrons. The number of rotatable bonds is 5. The molecule has 2 aromatic carbocycles. The number of carboxylic acid groups (broad SMARTS) is 1. The number of nitrogens with zero attached hydrogens (tertiary/aromatic N) is 1. The van der Waals surface area contributed by atoms with Crippen LogP contribution < -0.4 is 5.32 Å². The zero-order chi connectivity index (χ0) is 15.4. The summed E-state index contributed by atoms with van der Waals surface area (Å²) in [6.07, 6.45) is 0. The first-order valence-corrected chi connectivity index (χ1v) is 6.29. The molecule has 0 spiro atoms. The van der Waals surface area contributed by atoms with Crippen LogP contribution in [0.1, 0.15) is 21.5 Å². The van der Waals surface area contributed by atoms with E-state index in [1.807, 2.05) is 31.2 Å². The molecule has 6 heteroatoms. The highest BCUT2D eigenvalue weighted by Gasteiger charge is 2.17. The van der Waals surface area contributed by atoms with E-state index in [0.717, 1.165) is 17.2 Å². The third-order valence-electron chi connectivity index (χ3n) is 3.17. The minimum Gasteiger partial charge on any atom is -0.478 e. The summed E-state index contributed by atoms with van der Waals surface area (Å²) in [5.41, 5.74) is 2.05. The van der Waals surface area contributed by atoms with Gasteiger partial charge in [0.25, 0.3) is 5.69 Å². The number of aryl methyl sites for hydroxylation is 1. The quantitative estimate of drug-likeness (QED) is 0.650. The van der Waals surface area contributed by atoms with E-state index in [2.05, 4.69) is 5.32 Å². The Labute approximate surface area is 121 Å². The predicted octanol–water partition coefficient (Wildman–Crippen LogP) is 3.21. The Balaban J connectivity index is 2.26. The number of nitro groups is 1. The number of carboxylic acids is 1. The van der Waals surface area contributed by atoms with E-state index in [9.17, 15) is 14.9 Å². The first kappa shape index (κ1) is 14.5. The van der Waals surface area contributed by atoms with Crippen molar-refractivity contribution in [3.05, 3.63) is 69.3 Å². The van der Waals surface area contributed by atoms with Crippen molar-refractivity contribution in [1.29, 1.82) is 0 Å². The fourth-order valence-corrected chi connectivity index (χ4v) is 1.96. The van der Waals surface area contributed by atoms with Crippen LogP contribution in [0.2, 0.25) is 0 Å². The Kier molecular flexibility index (Phi) is 4.18. The van der Waals surface area contributed by atoms with Crippen molar-refractivity contribution in [2.45, 2.75) is 13.5 Å². The number of carbonyl (C=O) groups is 1. The SMILES string of the molecule is Cc1ccccc1CNc1ccc(C(=O)O)cc1[N+](=O)[O-]. The molecule has 0 fully saturated rings. The second-order valence-electron chi connectivity index (χ2n) is 4.57. The van der Waals surface area contributed by atoms with Crippen LogP contribution in [0.5, 0.6) is 0 Å². The molecule has 0 radical (unpaired) electrons. The van der Waals surface area contributed by atoms with Gasteiger partial charge in [0.2, 0.25) is 0 Å². The first-order valence-electron chi connectivity index (χ1n) is 6.29. The number of hydrogen-bond acceptors (Lipinski definition) is 4. The third kappa shape index (κ3) is 3.36. The maximum Gasteiger partial charge on any atom is 0.335 e. The highest BCUT2D eigenvalue weighted by Crippen LogP contribution is 2.26. The van der Waals surface area contributed by atoms with Gasteiger partial charge in [-0.1, -0.05) is 24.3 Å². The van der Waals surface area contributed by atoms with Crippen LogP contribution in [-0.4, -0.2) is 16.0 Å².